The number of aryl methyl sites for hydroxylation is 2. The molecule has 0 aliphatic heterocycles. The molecule has 4 rings (SSSR count). The standard InChI is InChI=1S/C24H26N6OS/c1-16(2)29(21-12-10-20(11-13-21)26-19-8-6-5-7-9-19)22(31)15-32-24-28-27-23-25-17(3)14-18(4)30(23)24/h5-14,16,26H,15H2,1-4H3. The van der Waals surface area contributed by atoms with Crippen LogP contribution in [0.2, 0.25) is 0 Å². The Labute approximate surface area is 191 Å². The molecule has 0 aliphatic rings. The molecule has 8 heteroatoms. The first-order chi connectivity index (χ1) is 15.4. The van der Waals surface area contributed by atoms with E-state index in [0.717, 1.165) is 28.5 Å². The Hall–Kier alpha value is -3.39. The van der Waals surface area contributed by atoms with Crippen molar-refractivity contribution in [3.8, 4) is 0 Å². The van der Waals surface area contributed by atoms with Gasteiger partial charge in [0.05, 0.1) is 5.75 Å². The number of hydrogen-bond donors (Lipinski definition) is 1. The van der Waals surface area contributed by atoms with Crippen LogP contribution in [0.1, 0.15) is 25.2 Å². The lowest BCUT2D eigenvalue weighted by molar-refractivity contribution is -0.116. The van der Waals surface area contributed by atoms with Crippen molar-refractivity contribution < 1.29 is 4.79 Å². The molecule has 0 atom stereocenters. The van der Waals surface area contributed by atoms with E-state index in [-0.39, 0.29) is 17.7 Å². The van der Waals surface area contributed by atoms with E-state index < -0.39 is 0 Å². The second kappa shape index (κ2) is 9.40. The van der Waals surface area contributed by atoms with Gasteiger partial charge in [0, 0.05) is 34.5 Å². The molecule has 0 spiro atoms. The minimum absolute atomic E-state index is 0.0169. The number of nitrogens with zero attached hydrogens (tertiary/aromatic N) is 5. The molecular formula is C24H26N6OS. The molecule has 0 fully saturated rings. The van der Waals surface area contributed by atoms with Crippen LogP contribution in [0.4, 0.5) is 17.1 Å². The number of thioether (sulfide) groups is 1. The SMILES string of the molecule is Cc1cc(C)n2c(SCC(=O)N(c3ccc(Nc4ccccc4)cc3)C(C)C)nnc2n1. The molecule has 2 aromatic heterocycles. The summed E-state index contributed by atoms with van der Waals surface area (Å²) in [7, 11) is 0. The maximum absolute atomic E-state index is 13.1. The predicted molar refractivity (Wildman–Crippen MR) is 130 cm³/mol. The van der Waals surface area contributed by atoms with E-state index in [9.17, 15) is 4.79 Å². The van der Waals surface area contributed by atoms with Crippen LogP contribution in [0.3, 0.4) is 0 Å². The number of aromatic nitrogens is 4. The highest BCUT2D eigenvalue weighted by molar-refractivity contribution is 7.99. The van der Waals surface area contributed by atoms with E-state index in [4.69, 9.17) is 0 Å². The van der Waals surface area contributed by atoms with Crippen LogP contribution in [-0.2, 0) is 4.79 Å². The normalized spacial score (nSPS) is 11.2. The van der Waals surface area contributed by atoms with Gasteiger partial charge in [-0.2, -0.15) is 0 Å². The molecule has 32 heavy (non-hydrogen) atoms. The number of para-hydroxylation sites is 1. The zero-order valence-electron chi connectivity index (χ0n) is 18.6. The summed E-state index contributed by atoms with van der Waals surface area (Å²) in [5, 5.41) is 12.4. The van der Waals surface area contributed by atoms with Crippen LogP contribution in [0.25, 0.3) is 5.78 Å². The number of anilines is 3. The van der Waals surface area contributed by atoms with Crippen LogP contribution in [0, 0.1) is 13.8 Å². The highest BCUT2D eigenvalue weighted by Gasteiger charge is 2.21. The largest absolute Gasteiger partial charge is 0.356 e. The van der Waals surface area contributed by atoms with Crippen LogP contribution >= 0.6 is 11.8 Å². The zero-order valence-corrected chi connectivity index (χ0v) is 19.4. The molecule has 0 aliphatic carbocycles. The fourth-order valence-electron chi connectivity index (χ4n) is 3.61. The Morgan fingerprint density at radius 3 is 2.41 bits per heavy atom. The lowest BCUT2D eigenvalue weighted by Gasteiger charge is -2.27. The average molecular weight is 447 g/mol. The van der Waals surface area contributed by atoms with Crippen molar-refractivity contribution in [2.75, 3.05) is 16.0 Å². The van der Waals surface area contributed by atoms with Crippen molar-refractivity contribution in [2.24, 2.45) is 0 Å². The smallest absolute Gasteiger partial charge is 0.256 e. The Morgan fingerprint density at radius 1 is 1.03 bits per heavy atom. The fourth-order valence-corrected chi connectivity index (χ4v) is 4.46. The highest BCUT2D eigenvalue weighted by atomic mass is 32.2. The summed E-state index contributed by atoms with van der Waals surface area (Å²) in [5.41, 5.74) is 4.75. The van der Waals surface area contributed by atoms with Crippen molar-refractivity contribution in [1.29, 1.82) is 0 Å². The maximum Gasteiger partial charge on any atom is 0.256 e. The summed E-state index contributed by atoms with van der Waals surface area (Å²) in [5.74, 6) is 0.832. The number of amides is 1. The lowest BCUT2D eigenvalue weighted by Crippen LogP contribution is -2.38. The molecule has 164 valence electrons. The van der Waals surface area contributed by atoms with E-state index in [2.05, 4.69) is 20.5 Å². The molecule has 2 heterocycles. The van der Waals surface area contributed by atoms with Crippen LogP contribution in [0.15, 0.2) is 65.8 Å². The minimum Gasteiger partial charge on any atom is -0.356 e. The molecule has 4 aromatic rings. The summed E-state index contributed by atoms with van der Waals surface area (Å²) in [6, 6.07) is 19.9. The monoisotopic (exact) mass is 446 g/mol. The number of carbonyl (C=O) groups is 1. The third-order valence-electron chi connectivity index (χ3n) is 4.98. The Balaban J connectivity index is 1.47. The maximum atomic E-state index is 13.1. The summed E-state index contributed by atoms with van der Waals surface area (Å²) in [6.45, 7) is 7.95. The quantitative estimate of drug-likeness (QED) is 0.402. The van der Waals surface area contributed by atoms with E-state index in [1.165, 1.54) is 11.8 Å². The first-order valence-electron chi connectivity index (χ1n) is 10.5. The van der Waals surface area contributed by atoms with Crippen molar-refractivity contribution in [3.63, 3.8) is 0 Å². The molecule has 1 N–H and O–H groups in total. The van der Waals surface area contributed by atoms with Gasteiger partial charge in [0.2, 0.25) is 5.91 Å². The number of nitrogens with one attached hydrogen (secondary N) is 1. The first-order valence-corrected chi connectivity index (χ1v) is 11.5. The van der Waals surface area contributed by atoms with Crippen molar-refractivity contribution in [2.45, 2.75) is 38.9 Å². The van der Waals surface area contributed by atoms with Gasteiger partial charge >= 0.3 is 0 Å². The molecule has 0 saturated heterocycles. The molecule has 2 aromatic carbocycles. The van der Waals surface area contributed by atoms with Crippen molar-refractivity contribution in [3.05, 3.63) is 72.1 Å². The van der Waals surface area contributed by atoms with Gasteiger partial charge in [-0.1, -0.05) is 30.0 Å². The van der Waals surface area contributed by atoms with E-state index >= 15 is 0 Å². The van der Waals surface area contributed by atoms with Gasteiger partial charge in [0.1, 0.15) is 0 Å². The minimum atomic E-state index is 0.0169. The topological polar surface area (TPSA) is 75.4 Å². The second-order valence-electron chi connectivity index (χ2n) is 7.84. The number of carbonyl (C=O) groups excluding carboxylic acids is 1. The summed E-state index contributed by atoms with van der Waals surface area (Å²) in [6.07, 6.45) is 0. The lowest BCUT2D eigenvalue weighted by atomic mass is 10.2. The molecule has 7 nitrogen and oxygen atoms in total. The molecule has 0 saturated carbocycles. The Bertz CT molecular complexity index is 1220. The van der Waals surface area contributed by atoms with Gasteiger partial charge in [-0.3, -0.25) is 9.20 Å². The Kier molecular flexibility index (Phi) is 6.41. The molecule has 1 amide bonds. The molecular weight excluding hydrogens is 420 g/mol. The van der Waals surface area contributed by atoms with Crippen LogP contribution < -0.4 is 10.2 Å². The average Bonchev–Trinajstić information content (AvgIpc) is 3.17. The fraction of sp³-hybridized carbons (Fsp3) is 0.250. The summed E-state index contributed by atoms with van der Waals surface area (Å²) >= 11 is 1.38. The van der Waals surface area contributed by atoms with Crippen molar-refractivity contribution in [1.82, 2.24) is 19.6 Å². The predicted octanol–water partition coefficient (Wildman–Crippen LogP) is 5.02. The van der Waals surface area contributed by atoms with Crippen LogP contribution in [0.5, 0.6) is 0 Å². The summed E-state index contributed by atoms with van der Waals surface area (Å²) < 4.78 is 1.88. The third-order valence-corrected chi connectivity index (χ3v) is 5.89. The van der Waals surface area contributed by atoms with Gasteiger partial charge in [-0.05, 0) is 70.2 Å². The van der Waals surface area contributed by atoms with E-state index in [1.807, 2.05) is 97.7 Å². The highest BCUT2D eigenvalue weighted by Crippen LogP contribution is 2.25. The van der Waals surface area contributed by atoms with Gasteiger partial charge in [-0.25, -0.2) is 4.98 Å². The third kappa shape index (κ3) is 4.75. The number of fused-ring (bicyclic) bond motifs is 1. The van der Waals surface area contributed by atoms with E-state index in [1.54, 1.807) is 0 Å². The van der Waals surface area contributed by atoms with E-state index in [0.29, 0.717) is 10.9 Å². The number of benzene rings is 2. The molecule has 0 bridgehead atoms. The van der Waals surface area contributed by atoms with Gasteiger partial charge < -0.3 is 10.2 Å². The van der Waals surface area contributed by atoms with Crippen LogP contribution in [-0.4, -0.2) is 37.3 Å². The summed E-state index contributed by atoms with van der Waals surface area (Å²) in [4.78, 5) is 19.4. The van der Waals surface area contributed by atoms with Crippen molar-refractivity contribution >= 4 is 40.5 Å². The van der Waals surface area contributed by atoms with Gasteiger partial charge in [0.25, 0.3) is 5.78 Å². The molecule has 0 radical (unpaired) electrons. The molecule has 0 unspecified atom stereocenters. The Morgan fingerprint density at radius 2 is 1.72 bits per heavy atom. The first kappa shape index (κ1) is 21.8. The number of rotatable bonds is 7. The van der Waals surface area contributed by atoms with Gasteiger partial charge in [-0.15, -0.1) is 10.2 Å². The van der Waals surface area contributed by atoms with Gasteiger partial charge in [0.15, 0.2) is 5.16 Å². The zero-order chi connectivity index (χ0) is 22.7. The second-order valence-corrected chi connectivity index (χ2v) is 8.78. The number of hydrogen-bond acceptors (Lipinski definition) is 6.